The van der Waals surface area contributed by atoms with Crippen molar-refractivity contribution in [1.82, 2.24) is 19.7 Å². The Morgan fingerprint density at radius 2 is 1.62 bits per heavy atom. The standard InChI is InChI=1S/C24H24BrN5O3S/c1-14-7-6-8-15(2)22(14)20-11-21(33-18-9-16(3)23(25)17(4)10-18)28-24(27-20)29-34(31,32)19-12-26-30(5)13-19/h6-13H,1-5H3,(H,27,28,29). The second kappa shape index (κ2) is 9.19. The van der Waals surface area contributed by atoms with Gasteiger partial charge in [-0.25, -0.2) is 18.1 Å². The smallest absolute Gasteiger partial charge is 0.267 e. The van der Waals surface area contributed by atoms with E-state index < -0.39 is 10.0 Å². The van der Waals surface area contributed by atoms with Crippen LogP contribution >= 0.6 is 15.9 Å². The summed E-state index contributed by atoms with van der Waals surface area (Å²) < 4.78 is 36.8. The number of hydrogen-bond donors (Lipinski definition) is 1. The van der Waals surface area contributed by atoms with Crippen molar-refractivity contribution in [3.63, 3.8) is 0 Å². The molecule has 1 N–H and O–H groups in total. The largest absolute Gasteiger partial charge is 0.439 e. The molecule has 176 valence electrons. The molecule has 0 aliphatic heterocycles. The first-order chi connectivity index (χ1) is 16.0. The minimum Gasteiger partial charge on any atom is -0.439 e. The van der Waals surface area contributed by atoms with Crippen LogP contribution in [0.1, 0.15) is 22.3 Å². The molecule has 2 aromatic carbocycles. The lowest BCUT2D eigenvalue weighted by atomic mass is 10.00. The summed E-state index contributed by atoms with van der Waals surface area (Å²) in [4.78, 5) is 8.88. The summed E-state index contributed by atoms with van der Waals surface area (Å²) in [5.74, 6) is 0.715. The molecule has 4 aromatic rings. The number of nitrogens with one attached hydrogen (secondary N) is 1. The Morgan fingerprint density at radius 3 is 2.21 bits per heavy atom. The Morgan fingerprint density at radius 1 is 0.971 bits per heavy atom. The van der Waals surface area contributed by atoms with Gasteiger partial charge < -0.3 is 4.74 Å². The summed E-state index contributed by atoms with van der Waals surface area (Å²) in [6, 6.07) is 11.4. The van der Waals surface area contributed by atoms with Crippen molar-refractivity contribution < 1.29 is 13.2 Å². The second-order valence-corrected chi connectivity index (χ2v) is 10.6. The maximum atomic E-state index is 12.9. The molecule has 0 unspecified atom stereocenters. The molecule has 8 nitrogen and oxygen atoms in total. The van der Waals surface area contributed by atoms with E-state index in [0.717, 1.165) is 32.3 Å². The molecule has 34 heavy (non-hydrogen) atoms. The fourth-order valence-corrected chi connectivity index (χ4v) is 4.83. The van der Waals surface area contributed by atoms with Crippen molar-refractivity contribution in [2.45, 2.75) is 32.6 Å². The number of aryl methyl sites for hydroxylation is 5. The molecule has 0 saturated carbocycles. The Kier molecular flexibility index (Phi) is 6.46. The van der Waals surface area contributed by atoms with Crippen LogP contribution < -0.4 is 9.46 Å². The first kappa shape index (κ1) is 23.9. The highest BCUT2D eigenvalue weighted by Gasteiger charge is 2.20. The average molecular weight is 542 g/mol. The highest BCUT2D eigenvalue weighted by atomic mass is 79.9. The Balaban J connectivity index is 1.81. The Labute approximate surface area is 207 Å². The highest BCUT2D eigenvalue weighted by Crippen LogP contribution is 2.33. The van der Waals surface area contributed by atoms with Crippen LogP contribution in [-0.2, 0) is 17.1 Å². The van der Waals surface area contributed by atoms with Gasteiger partial charge in [-0.3, -0.25) is 4.68 Å². The van der Waals surface area contributed by atoms with E-state index in [1.807, 2.05) is 58.0 Å². The van der Waals surface area contributed by atoms with Crippen molar-refractivity contribution in [3.05, 3.63) is 75.5 Å². The van der Waals surface area contributed by atoms with E-state index in [4.69, 9.17) is 4.74 Å². The summed E-state index contributed by atoms with van der Waals surface area (Å²) in [7, 11) is -2.30. The van der Waals surface area contributed by atoms with Gasteiger partial charge in [0.05, 0.1) is 11.9 Å². The summed E-state index contributed by atoms with van der Waals surface area (Å²) in [5, 5.41) is 3.94. The molecule has 0 radical (unpaired) electrons. The summed E-state index contributed by atoms with van der Waals surface area (Å²) in [5.41, 5.74) is 5.46. The molecule has 0 saturated heterocycles. The van der Waals surface area contributed by atoms with E-state index in [9.17, 15) is 8.42 Å². The van der Waals surface area contributed by atoms with Gasteiger partial charge in [-0.1, -0.05) is 34.1 Å². The van der Waals surface area contributed by atoms with Crippen molar-refractivity contribution in [2.24, 2.45) is 7.05 Å². The van der Waals surface area contributed by atoms with Crippen LogP contribution in [0, 0.1) is 27.7 Å². The zero-order valence-electron chi connectivity index (χ0n) is 19.4. The summed E-state index contributed by atoms with van der Waals surface area (Å²) >= 11 is 3.56. The van der Waals surface area contributed by atoms with Crippen LogP contribution in [-0.4, -0.2) is 28.2 Å². The number of benzene rings is 2. The predicted octanol–water partition coefficient (Wildman–Crippen LogP) is 5.47. The van der Waals surface area contributed by atoms with E-state index in [0.29, 0.717) is 11.4 Å². The SMILES string of the molecule is Cc1cc(Oc2cc(-c3c(C)cccc3C)nc(NS(=O)(=O)c3cnn(C)c3)n2)cc(C)c1Br. The molecular weight excluding hydrogens is 518 g/mol. The molecular formula is C24H24BrN5O3S. The molecule has 0 amide bonds. The molecule has 4 rings (SSSR count). The maximum Gasteiger partial charge on any atom is 0.267 e. The lowest BCUT2D eigenvalue weighted by molar-refractivity contribution is 0.462. The quantitative estimate of drug-likeness (QED) is 0.347. The van der Waals surface area contributed by atoms with Gasteiger partial charge in [0.25, 0.3) is 10.0 Å². The van der Waals surface area contributed by atoms with Gasteiger partial charge in [-0.05, 0) is 62.1 Å². The molecule has 0 bridgehead atoms. The van der Waals surface area contributed by atoms with Crippen molar-refractivity contribution in [3.8, 4) is 22.9 Å². The monoisotopic (exact) mass is 541 g/mol. The summed E-state index contributed by atoms with van der Waals surface area (Å²) in [6.07, 6.45) is 2.67. The third-order valence-electron chi connectivity index (χ3n) is 5.29. The van der Waals surface area contributed by atoms with E-state index in [1.54, 1.807) is 13.1 Å². The molecule has 0 aliphatic carbocycles. The lowest BCUT2D eigenvalue weighted by Gasteiger charge is -2.14. The fraction of sp³-hybridized carbons (Fsp3) is 0.208. The van der Waals surface area contributed by atoms with Gasteiger partial charge in [-0.15, -0.1) is 0 Å². The summed E-state index contributed by atoms with van der Waals surface area (Å²) in [6.45, 7) is 7.90. The van der Waals surface area contributed by atoms with Crippen molar-refractivity contribution >= 4 is 31.9 Å². The topological polar surface area (TPSA) is 99.0 Å². The van der Waals surface area contributed by atoms with Gasteiger partial charge in [-0.2, -0.15) is 10.1 Å². The lowest BCUT2D eigenvalue weighted by Crippen LogP contribution is -2.15. The maximum absolute atomic E-state index is 12.9. The van der Waals surface area contributed by atoms with Gasteiger partial charge in [0.2, 0.25) is 11.8 Å². The van der Waals surface area contributed by atoms with Crippen LogP contribution in [0.15, 0.2) is 58.2 Å². The van der Waals surface area contributed by atoms with Crippen molar-refractivity contribution in [1.29, 1.82) is 0 Å². The van der Waals surface area contributed by atoms with Gasteiger partial charge in [0.15, 0.2) is 0 Å². The number of rotatable bonds is 6. The number of hydrogen-bond acceptors (Lipinski definition) is 6. The van der Waals surface area contributed by atoms with Crippen LogP contribution in [0.2, 0.25) is 0 Å². The first-order valence-electron chi connectivity index (χ1n) is 10.5. The third kappa shape index (κ3) is 4.97. The predicted molar refractivity (Wildman–Crippen MR) is 135 cm³/mol. The molecule has 0 spiro atoms. The Hall–Kier alpha value is -3.24. The van der Waals surface area contributed by atoms with Crippen molar-refractivity contribution in [2.75, 3.05) is 4.72 Å². The number of aromatic nitrogens is 4. The normalized spacial score (nSPS) is 11.5. The first-order valence-corrected chi connectivity index (χ1v) is 12.7. The van der Waals surface area contributed by atoms with E-state index in [-0.39, 0.29) is 16.7 Å². The number of anilines is 1. The van der Waals surface area contributed by atoms with Gasteiger partial charge >= 0.3 is 0 Å². The van der Waals surface area contributed by atoms with E-state index >= 15 is 0 Å². The number of nitrogens with zero attached hydrogens (tertiary/aromatic N) is 4. The van der Waals surface area contributed by atoms with Gasteiger partial charge in [0.1, 0.15) is 10.6 Å². The molecule has 0 atom stereocenters. The van der Waals surface area contributed by atoms with E-state index in [2.05, 4.69) is 35.7 Å². The number of sulfonamides is 1. The minimum atomic E-state index is -3.94. The second-order valence-electron chi connectivity index (χ2n) is 8.11. The van der Waals surface area contributed by atoms with Gasteiger partial charge in [0, 0.05) is 29.3 Å². The minimum absolute atomic E-state index is 0.0118. The molecule has 2 aromatic heterocycles. The van der Waals surface area contributed by atoms with Crippen LogP contribution in [0.5, 0.6) is 11.6 Å². The number of ether oxygens (including phenoxy) is 1. The zero-order valence-corrected chi connectivity index (χ0v) is 21.8. The molecule has 0 aliphatic rings. The zero-order chi connectivity index (χ0) is 24.6. The van der Waals surface area contributed by atoms with E-state index in [1.165, 1.54) is 17.1 Å². The van der Waals surface area contributed by atoms with Crippen LogP contribution in [0.3, 0.4) is 0 Å². The molecule has 2 heterocycles. The molecule has 0 fully saturated rings. The Bertz CT molecular complexity index is 1460. The number of halogens is 1. The highest BCUT2D eigenvalue weighted by molar-refractivity contribution is 9.10. The third-order valence-corrected chi connectivity index (χ3v) is 7.82. The van der Waals surface area contributed by atoms with Crippen LogP contribution in [0.4, 0.5) is 5.95 Å². The van der Waals surface area contributed by atoms with Crippen LogP contribution in [0.25, 0.3) is 11.3 Å². The average Bonchev–Trinajstić information content (AvgIpc) is 3.19. The molecule has 10 heteroatoms. The fourth-order valence-electron chi connectivity index (χ4n) is 3.67.